The molecule has 6 nitrogen and oxygen atoms in total. The second-order valence-corrected chi connectivity index (χ2v) is 8.96. The Bertz CT molecular complexity index is 768. The van der Waals surface area contributed by atoms with Crippen molar-refractivity contribution in [1.29, 1.82) is 0 Å². The molecule has 3 N–H and O–H groups in total. The predicted octanol–water partition coefficient (Wildman–Crippen LogP) is 7.37. The predicted molar refractivity (Wildman–Crippen MR) is 131 cm³/mol. The van der Waals surface area contributed by atoms with Crippen LogP contribution in [0.2, 0.25) is 0 Å². The van der Waals surface area contributed by atoms with Crippen molar-refractivity contribution in [2.75, 3.05) is 0 Å². The van der Waals surface area contributed by atoms with E-state index in [9.17, 15) is 29.7 Å². The highest BCUT2D eigenvalue weighted by molar-refractivity contribution is 6.05. The molecule has 1 aromatic carbocycles. The van der Waals surface area contributed by atoms with Crippen LogP contribution in [0, 0.1) is 0 Å². The van der Waals surface area contributed by atoms with Gasteiger partial charge in [0.25, 0.3) is 0 Å². The lowest BCUT2D eigenvalue weighted by Gasteiger charge is -2.18. The van der Waals surface area contributed by atoms with E-state index < -0.39 is 23.5 Å². The summed E-state index contributed by atoms with van der Waals surface area (Å²) in [6.07, 6.45) is 15.7. The maximum atomic E-state index is 12.1. The number of carboxylic acid groups (broad SMARTS) is 3. The van der Waals surface area contributed by atoms with Gasteiger partial charge in [-0.3, -0.25) is 0 Å². The number of unbranched alkanes of at least 4 members (excludes halogenated alkanes) is 12. The van der Waals surface area contributed by atoms with Crippen molar-refractivity contribution in [2.24, 2.45) is 0 Å². The van der Waals surface area contributed by atoms with Crippen LogP contribution >= 0.6 is 0 Å². The number of hydrogen-bond donors (Lipinski definition) is 3. The first-order valence-electron chi connectivity index (χ1n) is 12.7. The van der Waals surface area contributed by atoms with Crippen molar-refractivity contribution in [1.82, 2.24) is 0 Å². The average molecular weight is 463 g/mol. The minimum atomic E-state index is -1.40. The highest BCUT2D eigenvalue weighted by atomic mass is 16.4. The lowest BCUT2D eigenvalue weighted by Crippen LogP contribution is -2.18. The van der Waals surface area contributed by atoms with Crippen LogP contribution in [-0.4, -0.2) is 33.2 Å². The molecule has 0 aromatic heterocycles. The van der Waals surface area contributed by atoms with Gasteiger partial charge in [-0.25, -0.2) is 14.4 Å². The third kappa shape index (κ3) is 9.97. The molecule has 0 aliphatic carbocycles. The zero-order chi connectivity index (χ0) is 24.6. The Labute approximate surface area is 198 Å². The molecule has 1 aromatic rings. The van der Waals surface area contributed by atoms with E-state index in [-0.39, 0.29) is 11.1 Å². The van der Waals surface area contributed by atoms with Gasteiger partial charge in [-0.1, -0.05) is 90.9 Å². The number of rotatable bonds is 19. The smallest absolute Gasteiger partial charge is 0.336 e. The Kier molecular flexibility index (Phi) is 14.1. The monoisotopic (exact) mass is 462 g/mol. The summed E-state index contributed by atoms with van der Waals surface area (Å²) in [5.41, 5.74) is 0.169. The van der Waals surface area contributed by atoms with Crippen LogP contribution in [0.15, 0.2) is 6.07 Å². The largest absolute Gasteiger partial charge is 0.478 e. The molecular formula is C27H42O6. The summed E-state index contributed by atoms with van der Waals surface area (Å²) >= 11 is 0. The molecule has 0 spiro atoms. The summed E-state index contributed by atoms with van der Waals surface area (Å²) in [7, 11) is 0. The first-order valence-corrected chi connectivity index (χ1v) is 12.7. The average Bonchev–Trinajstić information content (AvgIpc) is 2.77. The SMILES string of the molecule is CCCCCCCCCc1c(C(=O)O)cc(C(=O)O)c(C(=O)O)c1CCCCCCCCC. The molecule has 0 unspecified atom stereocenters. The first-order chi connectivity index (χ1) is 15.8. The summed E-state index contributed by atoms with van der Waals surface area (Å²) in [6.45, 7) is 4.33. The molecule has 0 amide bonds. The van der Waals surface area contributed by atoms with Crippen molar-refractivity contribution in [3.63, 3.8) is 0 Å². The Morgan fingerprint density at radius 3 is 1.33 bits per heavy atom. The first kappa shape index (κ1) is 28.7. The van der Waals surface area contributed by atoms with E-state index in [1.807, 2.05) is 0 Å². The second kappa shape index (κ2) is 16.3. The van der Waals surface area contributed by atoms with Crippen LogP contribution in [-0.2, 0) is 12.8 Å². The van der Waals surface area contributed by atoms with Gasteiger partial charge in [-0.15, -0.1) is 0 Å². The van der Waals surface area contributed by atoms with Gasteiger partial charge in [0, 0.05) is 0 Å². The lowest BCUT2D eigenvalue weighted by atomic mass is 9.85. The molecule has 0 saturated carbocycles. The lowest BCUT2D eigenvalue weighted by molar-refractivity contribution is 0.0647. The van der Waals surface area contributed by atoms with Crippen molar-refractivity contribution in [3.8, 4) is 0 Å². The van der Waals surface area contributed by atoms with Crippen LogP contribution < -0.4 is 0 Å². The minimum absolute atomic E-state index is 0.0682. The number of carboxylic acids is 3. The molecular weight excluding hydrogens is 420 g/mol. The molecule has 0 bridgehead atoms. The molecule has 0 radical (unpaired) electrons. The molecule has 33 heavy (non-hydrogen) atoms. The van der Waals surface area contributed by atoms with E-state index in [2.05, 4.69) is 13.8 Å². The zero-order valence-corrected chi connectivity index (χ0v) is 20.5. The van der Waals surface area contributed by atoms with Gasteiger partial charge in [-0.2, -0.15) is 0 Å². The topological polar surface area (TPSA) is 112 Å². The molecule has 0 atom stereocenters. The molecule has 0 heterocycles. The quantitative estimate of drug-likeness (QED) is 0.185. The number of aromatic carboxylic acids is 3. The van der Waals surface area contributed by atoms with Crippen molar-refractivity contribution < 1.29 is 29.7 Å². The normalized spacial score (nSPS) is 11.0. The third-order valence-electron chi connectivity index (χ3n) is 6.28. The fourth-order valence-corrected chi connectivity index (χ4v) is 4.46. The Balaban J connectivity index is 3.09. The van der Waals surface area contributed by atoms with E-state index in [0.717, 1.165) is 57.4 Å². The van der Waals surface area contributed by atoms with Gasteiger partial charge in [0.05, 0.1) is 16.7 Å². The van der Waals surface area contributed by atoms with E-state index >= 15 is 0 Å². The van der Waals surface area contributed by atoms with Crippen LogP contribution in [0.4, 0.5) is 0 Å². The molecule has 0 fully saturated rings. The van der Waals surface area contributed by atoms with Crippen molar-refractivity contribution >= 4 is 17.9 Å². The number of hydrogen-bond acceptors (Lipinski definition) is 3. The fourth-order valence-electron chi connectivity index (χ4n) is 4.46. The summed E-state index contributed by atoms with van der Waals surface area (Å²) in [4.78, 5) is 35.8. The minimum Gasteiger partial charge on any atom is -0.478 e. The molecule has 0 saturated heterocycles. The Morgan fingerprint density at radius 2 is 0.939 bits per heavy atom. The van der Waals surface area contributed by atoms with Crippen LogP contribution in [0.3, 0.4) is 0 Å². The van der Waals surface area contributed by atoms with E-state index in [4.69, 9.17) is 0 Å². The Morgan fingerprint density at radius 1 is 0.545 bits per heavy atom. The molecule has 0 aliphatic rings. The van der Waals surface area contributed by atoms with Crippen molar-refractivity contribution in [3.05, 3.63) is 33.9 Å². The van der Waals surface area contributed by atoms with Gasteiger partial charge in [0.15, 0.2) is 0 Å². The van der Waals surface area contributed by atoms with Gasteiger partial charge in [-0.05, 0) is 42.9 Å². The van der Waals surface area contributed by atoms with Crippen LogP contribution in [0.25, 0.3) is 0 Å². The molecule has 6 heteroatoms. The van der Waals surface area contributed by atoms with Gasteiger partial charge >= 0.3 is 17.9 Å². The highest BCUT2D eigenvalue weighted by Crippen LogP contribution is 2.28. The molecule has 1 rings (SSSR count). The van der Waals surface area contributed by atoms with E-state index in [0.29, 0.717) is 24.0 Å². The Hall–Kier alpha value is -2.37. The zero-order valence-electron chi connectivity index (χ0n) is 20.5. The van der Waals surface area contributed by atoms with Crippen LogP contribution in [0.1, 0.15) is 146 Å². The standard InChI is InChI=1S/C27H42O6/c1-3-5-7-9-11-13-15-17-20-21(18-16-14-12-10-8-6-4-2)24(27(32)33)23(26(30)31)19-22(20)25(28)29/h19H,3-18H2,1-2H3,(H,28,29)(H,30,31)(H,32,33). The van der Waals surface area contributed by atoms with Gasteiger partial charge < -0.3 is 15.3 Å². The van der Waals surface area contributed by atoms with Gasteiger partial charge in [0.2, 0.25) is 0 Å². The highest BCUT2D eigenvalue weighted by Gasteiger charge is 2.27. The van der Waals surface area contributed by atoms with E-state index in [1.54, 1.807) is 0 Å². The fraction of sp³-hybridized carbons (Fsp3) is 0.667. The van der Waals surface area contributed by atoms with Gasteiger partial charge in [0.1, 0.15) is 0 Å². The summed E-state index contributed by atoms with van der Waals surface area (Å²) in [5, 5.41) is 29.2. The number of benzene rings is 1. The maximum Gasteiger partial charge on any atom is 0.336 e. The van der Waals surface area contributed by atoms with Crippen LogP contribution in [0.5, 0.6) is 0 Å². The number of carbonyl (C=O) groups is 3. The molecule has 186 valence electrons. The summed E-state index contributed by atoms with van der Waals surface area (Å²) < 4.78 is 0. The second-order valence-electron chi connectivity index (χ2n) is 8.96. The van der Waals surface area contributed by atoms with Crippen molar-refractivity contribution in [2.45, 2.75) is 117 Å². The van der Waals surface area contributed by atoms with E-state index in [1.165, 1.54) is 38.5 Å². The maximum absolute atomic E-state index is 12.1. The summed E-state index contributed by atoms with van der Waals surface area (Å²) in [6, 6.07) is 1.04. The summed E-state index contributed by atoms with van der Waals surface area (Å²) in [5.74, 6) is -3.91. The molecule has 0 aliphatic heterocycles. The third-order valence-corrected chi connectivity index (χ3v) is 6.28.